The average molecular weight is 438 g/mol. The van der Waals surface area contributed by atoms with Crippen LogP contribution in [0.15, 0.2) is 18.5 Å². The van der Waals surface area contributed by atoms with Gasteiger partial charge in [0.15, 0.2) is 11.5 Å². The first kappa shape index (κ1) is 22.3. The number of fused-ring (bicyclic) bond motifs is 1. The van der Waals surface area contributed by atoms with E-state index in [0.717, 1.165) is 68.9 Å². The van der Waals surface area contributed by atoms with E-state index in [1.807, 2.05) is 16.9 Å². The molecule has 4 N–H and O–H groups in total. The van der Waals surface area contributed by atoms with Gasteiger partial charge in [-0.1, -0.05) is 32.8 Å². The van der Waals surface area contributed by atoms with Crippen molar-refractivity contribution in [1.29, 1.82) is 0 Å². The lowest BCUT2D eigenvalue weighted by Gasteiger charge is -2.29. The van der Waals surface area contributed by atoms with E-state index < -0.39 is 0 Å². The molecule has 0 aromatic carbocycles. The fraction of sp³-hybridized carbons (Fsp3) is 0.565. The summed E-state index contributed by atoms with van der Waals surface area (Å²) in [5.74, 6) is 2.03. The fourth-order valence-corrected chi connectivity index (χ4v) is 4.44. The third kappa shape index (κ3) is 4.93. The molecule has 1 aliphatic rings. The van der Waals surface area contributed by atoms with Crippen molar-refractivity contribution in [1.82, 2.24) is 29.9 Å². The molecule has 32 heavy (non-hydrogen) atoms. The quantitative estimate of drug-likeness (QED) is 0.469. The summed E-state index contributed by atoms with van der Waals surface area (Å²) < 4.78 is 1.82. The van der Waals surface area contributed by atoms with Gasteiger partial charge in [-0.05, 0) is 30.9 Å². The molecule has 0 amide bonds. The molecule has 9 nitrogen and oxygen atoms in total. The van der Waals surface area contributed by atoms with Crippen LogP contribution >= 0.6 is 0 Å². The van der Waals surface area contributed by atoms with Crippen molar-refractivity contribution in [3.8, 4) is 0 Å². The smallest absolute Gasteiger partial charge is 0.243 e. The monoisotopic (exact) mass is 437 g/mol. The van der Waals surface area contributed by atoms with Crippen molar-refractivity contribution >= 4 is 23.2 Å². The third-order valence-corrected chi connectivity index (χ3v) is 5.98. The highest BCUT2D eigenvalue weighted by Gasteiger charge is 2.17. The van der Waals surface area contributed by atoms with Crippen molar-refractivity contribution in [2.24, 2.45) is 0 Å². The van der Waals surface area contributed by atoms with Crippen molar-refractivity contribution in [3.63, 3.8) is 0 Å². The molecule has 4 heterocycles. The SMILES string of the molecule is CCCC(CCC)Nc1nc(N)c2ncc(Cc3cnc(N4CCNCC4)c(C)c3)n2n1. The summed E-state index contributed by atoms with van der Waals surface area (Å²) in [6.07, 6.45) is 8.86. The molecule has 3 aromatic rings. The Bertz CT molecular complexity index is 1030. The molecule has 0 spiro atoms. The first-order valence-electron chi connectivity index (χ1n) is 11.8. The molecular weight excluding hydrogens is 402 g/mol. The Labute approximate surface area is 189 Å². The van der Waals surface area contributed by atoms with E-state index in [1.165, 1.54) is 5.56 Å². The molecule has 1 saturated heterocycles. The average Bonchev–Trinajstić information content (AvgIpc) is 3.18. The number of imidazole rings is 1. The maximum atomic E-state index is 6.22. The normalized spacial score (nSPS) is 14.4. The lowest BCUT2D eigenvalue weighted by molar-refractivity contribution is 0.580. The van der Waals surface area contributed by atoms with E-state index in [1.54, 1.807) is 0 Å². The molecule has 0 atom stereocenters. The van der Waals surface area contributed by atoms with E-state index >= 15 is 0 Å². The minimum absolute atomic E-state index is 0.346. The van der Waals surface area contributed by atoms with Crippen LogP contribution in [0.25, 0.3) is 5.65 Å². The number of hydrogen-bond acceptors (Lipinski definition) is 8. The van der Waals surface area contributed by atoms with Crippen LogP contribution < -0.4 is 21.3 Å². The zero-order valence-corrected chi connectivity index (χ0v) is 19.4. The molecule has 9 heteroatoms. The minimum Gasteiger partial charge on any atom is -0.380 e. The summed E-state index contributed by atoms with van der Waals surface area (Å²) in [5.41, 5.74) is 10.1. The van der Waals surface area contributed by atoms with Gasteiger partial charge in [0.2, 0.25) is 5.95 Å². The number of nitrogens with two attached hydrogens (primary N) is 1. The summed E-state index contributed by atoms with van der Waals surface area (Å²) in [6, 6.07) is 2.56. The standard InChI is InChI=1S/C23H35N9/c1-4-6-18(7-5-2)28-23-29-20(24)22-27-15-19(32(22)30-23)13-17-12-16(3)21(26-14-17)31-10-8-25-9-11-31/h12,14-15,18,25H,4-11,13H2,1-3H3,(H3,24,28,29,30). The van der Waals surface area contributed by atoms with E-state index in [-0.39, 0.29) is 0 Å². The number of piperazine rings is 1. The van der Waals surface area contributed by atoms with Gasteiger partial charge in [0.05, 0.1) is 11.9 Å². The third-order valence-electron chi connectivity index (χ3n) is 5.98. The lowest BCUT2D eigenvalue weighted by atomic mass is 10.1. The zero-order chi connectivity index (χ0) is 22.5. The summed E-state index contributed by atoms with van der Waals surface area (Å²) in [4.78, 5) is 16.0. The number of aromatic nitrogens is 5. The molecule has 0 unspecified atom stereocenters. The highest BCUT2D eigenvalue weighted by Crippen LogP contribution is 2.22. The maximum absolute atomic E-state index is 6.22. The molecule has 3 aromatic heterocycles. The van der Waals surface area contributed by atoms with Gasteiger partial charge < -0.3 is 21.3 Å². The van der Waals surface area contributed by atoms with Gasteiger partial charge >= 0.3 is 0 Å². The molecule has 0 saturated carbocycles. The second kappa shape index (κ2) is 10.1. The lowest BCUT2D eigenvalue weighted by Crippen LogP contribution is -2.44. The Balaban J connectivity index is 1.56. The van der Waals surface area contributed by atoms with E-state index in [2.05, 4.69) is 52.3 Å². The molecule has 0 radical (unpaired) electrons. The van der Waals surface area contributed by atoms with Crippen LogP contribution in [0.1, 0.15) is 56.4 Å². The largest absolute Gasteiger partial charge is 0.380 e. The van der Waals surface area contributed by atoms with Crippen LogP contribution in [0.3, 0.4) is 0 Å². The molecule has 1 aliphatic heterocycles. The first-order valence-corrected chi connectivity index (χ1v) is 11.8. The Kier molecular flexibility index (Phi) is 7.04. The van der Waals surface area contributed by atoms with Gasteiger partial charge in [0.25, 0.3) is 0 Å². The molecule has 0 bridgehead atoms. The van der Waals surface area contributed by atoms with Gasteiger partial charge in [-0.25, -0.2) is 14.5 Å². The highest BCUT2D eigenvalue weighted by molar-refractivity contribution is 5.61. The van der Waals surface area contributed by atoms with Crippen molar-refractivity contribution in [2.45, 2.75) is 58.9 Å². The van der Waals surface area contributed by atoms with Crippen molar-refractivity contribution < 1.29 is 0 Å². The number of nitrogens with one attached hydrogen (secondary N) is 2. The van der Waals surface area contributed by atoms with Gasteiger partial charge in [0.1, 0.15) is 5.82 Å². The summed E-state index contributed by atoms with van der Waals surface area (Å²) in [7, 11) is 0. The van der Waals surface area contributed by atoms with Gasteiger partial charge in [-0.3, -0.25) is 0 Å². The topological polar surface area (TPSA) is 109 Å². The number of pyridine rings is 1. The van der Waals surface area contributed by atoms with Crippen LogP contribution in [-0.4, -0.2) is 56.8 Å². The van der Waals surface area contributed by atoms with E-state index in [4.69, 9.17) is 15.8 Å². The van der Waals surface area contributed by atoms with Crippen LogP contribution in [0, 0.1) is 6.92 Å². The van der Waals surface area contributed by atoms with E-state index in [0.29, 0.717) is 29.9 Å². The van der Waals surface area contributed by atoms with Gasteiger partial charge in [0, 0.05) is 44.8 Å². The summed E-state index contributed by atoms with van der Waals surface area (Å²) in [5, 5.41) is 11.6. The zero-order valence-electron chi connectivity index (χ0n) is 19.4. The molecular formula is C23H35N9. The van der Waals surface area contributed by atoms with Gasteiger partial charge in [-0.15, -0.1) is 5.10 Å². The second-order valence-electron chi connectivity index (χ2n) is 8.62. The van der Waals surface area contributed by atoms with Crippen LogP contribution in [-0.2, 0) is 6.42 Å². The van der Waals surface area contributed by atoms with Crippen LogP contribution in [0.5, 0.6) is 0 Å². The number of aryl methyl sites for hydroxylation is 1. The Morgan fingerprint density at radius 1 is 1.12 bits per heavy atom. The summed E-state index contributed by atoms with van der Waals surface area (Å²) in [6.45, 7) is 10.5. The number of rotatable bonds is 9. The Morgan fingerprint density at radius 3 is 2.56 bits per heavy atom. The number of anilines is 3. The second-order valence-corrected chi connectivity index (χ2v) is 8.62. The minimum atomic E-state index is 0.346. The predicted molar refractivity (Wildman–Crippen MR) is 129 cm³/mol. The van der Waals surface area contributed by atoms with Gasteiger partial charge in [-0.2, -0.15) is 4.98 Å². The highest BCUT2D eigenvalue weighted by atomic mass is 15.3. The Morgan fingerprint density at radius 2 is 1.88 bits per heavy atom. The Hall–Kier alpha value is -2.94. The van der Waals surface area contributed by atoms with E-state index in [9.17, 15) is 0 Å². The fourth-order valence-electron chi connectivity index (χ4n) is 4.44. The number of nitrogens with zero attached hydrogens (tertiary/aromatic N) is 6. The maximum Gasteiger partial charge on any atom is 0.243 e. The molecule has 1 fully saturated rings. The van der Waals surface area contributed by atoms with Crippen LogP contribution in [0.2, 0.25) is 0 Å². The molecule has 0 aliphatic carbocycles. The first-order chi connectivity index (χ1) is 15.6. The van der Waals surface area contributed by atoms with Crippen LogP contribution in [0.4, 0.5) is 17.6 Å². The molecule has 4 rings (SSSR count). The predicted octanol–water partition coefficient (Wildman–Crippen LogP) is 2.79. The summed E-state index contributed by atoms with van der Waals surface area (Å²) >= 11 is 0. The number of hydrogen-bond donors (Lipinski definition) is 3. The van der Waals surface area contributed by atoms with Crippen molar-refractivity contribution in [3.05, 3.63) is 35.3 Å². The molecule has 172 valence electrons. The number of nitrogen functional groups attached to an aromatic ring is 1. The van der Waals surface area contributed by atoms with Crippen molar-refractivity contribution in [2.75, 3.05) is 42.1 Å².